The van der Waals surface area contributed by atoms with E-state index in [0.29, 0.717) is 23.8 Å². The number of anilines is 2. The highest BCUT2D eigenvalue weighted by molar-refractivity contribution is 6.33. The van der Waals surface area contributed by atoms with Crippen LogP contribution in [-0.2, 0) is 0 Å². The van der Waals surface area contributed by atoms with Crippen molar-refractivity contribution in [3.05, 3.63) is 53.8 Å². The molecule has 0 unspecified atom stereocenters. The Kier molecular flexibility index (Phi) is 4.44. The number of carbonyl (C=O) groups is 1. The van der Waals surface area contributed by atoms with Crippen LogP contribution in [0.2, 0.25) is 5.02 Å². The molecular formula is C16H17ClN4O. The molecule has 0 radical (unpaired) electrons. The first-order valence-corrected chi connectivity index (χ1v) is 7.57. The number of halogens is 1. The van der Waals surface area contributed by atoms with E-state index in [1.807, 2.05) is 24.3 Å². The molecule has 3 rings (SSSR count). The first kappa shape index (κ1) is 14.7. The van der Waals surface area contributed by atoms with Gasteiger partial charge in [0.25, 0.3) is 0 Å². The minimum atomic E-state index is -0.109. The fourth-order valence-electron chi connectivity index (χ4n) is 2.48. The Morgan fingerprint density at radius 3 is 2.41 bits per heavy atom. The zero-order chi connectivity index (χ0) is 15.4. The summed E-state index contributed by atoms with van der Waals surface area (Å²) < 4.78 is 0. The number of carbonyl (C=O) groups excluding carboxylic acids is 1. The molecule has 6 heteroatoms. The summed E-state index contributed by atoms with van der Waals surface area (Å²) in [5.41, 5.74) is 1.78. The van der Waals surface area contributed by atoms with Gasteiger partial charge >= 0.3 is 6.03 Å². The Labute approximate surface area is 134 Å². The van der Waals surface area contributed by atoms with Crippen LogP contribution in [0.3, 0.4) is 0 Å². The molecule has 2 amide bonds. The van der Waals surface area contributed by atoms with E-state index in [4.69, 9.17) is 11.6 Å². The van der Waals surface area contributed by atoms with E-state index in [1.165, 1.54) is 0 Å². The molecule has 114 valence electrons. The van der Waals surface area contributed by atoms with Gasteiger partial charge in [0, 0.05) is 44.3 Å². The second kappa shape index (κ2) is 6.66. The molecule has 0 aliphatic carbocycles. The summed E-state index contributed by atoms with van der Waals surface area (Å²) in [7, 11) is 0. The molecule has 1 aliphatic heterocycles. The number of hydrogen-bond acceptors (Lipinski definition) is 3. The molecular weight excluding hydrogens is 300 g/mol. The Morgan fingerprint density at radius 1 is 1.05 bits per heavy atom. The van der Waals surface area contributed by atoms with Crippen LogP contribution in [-0.4, -0.2) is 42.1 Å². The normalized spacial score (nSPS) is 14.8. The lowest BCUT2D eigenvalue weighted by molar-refractivity contribution is 0.208. The summed E-state index contributed by atoms with van der Waals surface area (Å²) >= 11 is 6.06. The number of amides is 2. The number of piperazine rings is 1. The summed E-state index contributed by atoms with van der Waals surface area (Å²) in [4.78, 5) is 20.4. The number of rotatable bonds is 2. The second-order valence-corrected chi connectivity index (χ2v) is 5.50. The van der Waals surface area contributed by atoms with Gasteiger partial charge in [-0.25, -0.2) is 4.79 Å². The predicted molar refractivity (Wildman–Crippen MR) is 88.5 cm³/mol. The van der Waals surface area contributed by atoms with Crippen molar-refractivity contribution in [1.29, 1.82) is 0 Å². The van der Waals surface area contributed by atoms with E-state index in [2.05, 4.69) is 15.2 Å². The molecule has 0 bridgehead atoms. The van der Waals surface area contributed by atoms with Gasteiger partial charge in [0.2, 0.25) is 0 Å². The summed E-state index contributed by atoms with van der Waals surface area (Å²) in [5.74, 6) is 0. The molecule has 2 aromatic rings. The van der Waals surface area contributed by atoms with Crippen molar-refractivity contribution in [2.24, 2.45) is 0 Å². The molecule has 1 N–H and O–H groups in total. The number of pyridine rings is 1. The quantitative estimate of drug-likeness (QED) is 0.926. The Bertz CT molecular complexity index is 642. The van der Waals surface area contributed by atoms with Crippen LogP contribution in [0.15, 0.2) is 48.8 Å². The van der Waals surface area contributed by atoms with Gasteiger partial charge in [-0.15, -0.1) is 0 Å². The zero-order valence-electron chi connectivity index (χ0n) is 12.1. The molecule has 1 aromatic carbocycles. The average Bonchev–Trinajstić information content (AvgIpc) is 2.58. The maximum Gasteiger partial charge on any atom is 0.322 e. The van der Waals surface area contributed by atoms with E-state index in [-0.39, 0.29) is 6.03 Å². The second-order valence-electron chi connectivity index (χ2n) is 5.09. The summed E-state index contributed by atoms with van der Waals surface area (Å²) in [6.45, 7) is 2.97. The highest BCUT2D eigenvalue weighted by Crippen LogP contribution is 2.21. The predicted octanol–water partition coefficient (Wildman–Crippen LogP) is 3.09. The number of urea groups is 1. The molecule has 22 heavy (non-hydrogen) atoms. The summed E-state index contributed by atoms with van der Waals surface area (Å²) in [6.07, 6.45) is 3.57. The van der Waals surface area contributed by atoms with E-state index < -0.39 is 0 Å². The van der Waals surface area contributed by atoms with Crippen LogP contribution in [0.5, 0.6) is 0 Å². The molecule has 1 saturated heterocycles. The Morgan fingerprint density at radius 2 is 1.73 bits per heavy atom. The lowest BCUT2D eigenvalue weighted by atomic mass is 10.2. The molecule has 1 aliphatic rings. The topological polar surface area (TPSA) is 48.5 Å². The third-order valence-electron chi connectivity index (χ3n) is 3.71. The smallest absolute Gasteiger partial charge is 0.322 e. The van der Waals surface area contributed by atoms with Crippen molar-refractivity contribution < 1.29 is 4.79 Å². The lowest BCUT2D eigenvalue weighted by Gasteiger charge is -2.36. The fraction of sp³-hybridized carbons (Fsp3) is 0.250. The van der Waals surface area contributed by atoms with Crippen molar-refractivity contribution in [3.63, 3.8) is 0 Å². The zero-order valence-corrected chi connectivity index (χ0v) is 12.8. The monoisotopic (exact) mass is 316 g/mol. The largest absolute Gasteiger partial charge is 0.368 e. The minimum Gasteiger partial charge on any atom is -0.368 e. The third kappa shape index (κ3) is 3.31. The molecule has 0 saturated carbocycles. The Hall–Kier alpha value is -2.27. The van der Waals surface area contributed by atoms with Gasteiger partial charge in [0.15, 0.2) is 0 Å². The number of para-hydroxylation sites is 1. The molecule has 1 aromatic heterocycles. The van der Waals surface area contributed by atoms with Gasteiger partial charge in [0.05, 0.1) is 10.7 Å². The standard InChI is InChI=1S/C16H17ClN4O/c17-14-3-1-2-4-15(14)19-16(22)21-11-9-20(10-12-21)13-5-7-18-8-6-13/h1-8H,9-12H2,(H,19,22). The molecule has 2 heterocycles. The highest BCUT2D eigenvalue weighted by atomic mass is 35.5. The first-order chi connectivity index (χ1) is 10.7. The van der Waals surface area contributed by atoms with Crippen molar-refractivity contribution in [3.8, 4) is 0 Å². The Balaban J connectivity index is 1.57. The van der Waals surface area contributed by atoms with Gasteiger partial charge < -0.3 is 15.1 Å². The molecule has 1 fully saturated rings. The van der Waals surface area contributed by atoms with Crippen LogP contribution in [0.25, 0.3) is 0 Å². The van der Waals surface area contributed by atoms with E-state index in [1.54, 1.807) is 29.4 Å². The van der Waals surface area contributed by atoms with Crippen molar-refractivity contribution in [2.75, 3.05) is 36.4 Å². The van der Waals surface area contributed by atoms with E-state index in [9.17, 15) is 4.79 Å². The molecule has 0 atom stereocenters. The van der Waals surface area contributed by atoms with Crippen LogP contribution in [0.1, 0.15) is 0 Å². The van der Waals surface area contributed by atoms with Gasteiger partial charge in [-0.2, -0.15) is 0 Å². The van der Waals surface area contributed by atoms with Gasteiger partial charge in [-0.05, 0) is 24.3 Å². The fourth-order valence-corrected chi connectivity index (χ4v) is 2.66. The lowest BCUT2D eigenvalue weighted by Crippen LogP contribution is -2.50. The third-order valence-corrected chi connectivity index (χ3v) is 4.04. The average molecular weight is 317 g/mol. The summed E-state index contributed by atoms with van der Waals surface area (Å²) in [5, 5.41) is 3.41. The molecule has 0 spiro atoms. The van der Waals surface area contributed by atoms with Gasteiger partial charge in [-0.3, -0.25) is 4.98 Å². The van der Waals surface area contributed by atoms with Crippen LogP contribution in [0.4, 0.5) is 16.2 Å². The maximum atomic E-state index is 12.3. The first-order valence-electron chi connectivity index (χ1n) is 7.19. The van der Waals surface area contributed by atoms with Crippen molar-refractivity contribution in [2.45, 2.75) is 0 Å². The van der Waals surface area contributed by atoms with Crippen LogP contribution >= 0.6 is 11.6 Å². The summed E-state index contributed by atoms with van der Waals surface area (Å²) in [6, 6.07) is 11.1. The number of nitrogens with zero attached hydrogens (tertiary/aromatic N) is 3. The number of aromatic nitrogens is 1. The number of nitrogens with one attached hydrogen (secondary N) is 1. The number of benzene rings is 1. The van der Waals surface area contributed by atoms with Crippen molar-refractivity contribution in [1.82, 2.24) is 9.88 Å². The van der Waals surface area contributed by atoms with Crippen molar-refractivity contribution >= 4 is 29.0 Å². The van der Waals surface area contributed by atoms with Gasteiger partial charge in [0.1, 0.15) is 0 Å². The molecule has 5 nitrogen and oxygen atoms in total. The van der Waals surface area contributed by atoms with E-state index in [0.717, 1.165) is 18.8 Å². The van der Waals surface area contributed by atoms with Gasteiger partial charge in [-0.1, -0.05) is 23.7 Å². The number of hydrogen-bond donors (Lipinski definition) is 1. The van der Waals surface area contributed by atoms with Crippen LogP contribution < -0.4 is 10.2 Å². The minimum absolute atomic E-state index is 0.109. The van der Waals surface area contributed by atoms with Crippen LogP contribution in [0, 0.1) is 0 Å². The SMILES string of the molecule is O=C(Nc1ccccc1Cl)N1CCN(c2ccncc2)CC1. The highest BCUT2D eigenvalue weighted by Gasteiger charge is 2.21. The maximum absolute atomic E-state index is 12.3. The van der Waals surface area contributed by atoms with E-state index >= 15 is 0 Å².